The molecule has 4 heteroatoms. The number of nitrogens with zero attached hydrogens (tertiary/aromatic N) is 1. The van der Waals surface area contributed by atoms with E-state index in [-0.39, 0.29) is 23.9 Å². The number of hydrogen-bond acceptors (Lipinski definition) is 3. The van der Waals surface area contributed by atoms with Crippen LogP contribution < -0.4 is 11.1 Å². The molecule has 2 aliphatic rings. The van der Waals surface area contributed by atoms with Crippen LogP contribution in [0.15, 0.2) is 0 Å². The minimum Gasteiger partial charge on any atom is -0.352 e. The summed E-state index contributed by atoms with van der Waals surface area (Å²) in [4.78, 5) is 14.9. The van der Waals surface area contributed by atoms with Crippen molar-refractivity contribution in [2.45, 2.75) is 70.4 Å². The van der Waals surface area contributed by atoms with E-state index in [1.165, 1.54) is 45.2 Å². The largest absolute Gasteiger partial charge is 0.352 e. The number of hydrogen-bond donors (Lipinski definition) is 2. The van der Waals surface area contributed by atoms with Crippen molar-refractivity contribution in [3.63, 3.8) is 0 Å². The van der Waals surface area contributed by atoms with E-state index in [9.17, 15) is 4.79 Å². The Morgan fingerprint density at radius 1 is 1.15 bits per heavy atom. The Morgan fingerprint density at radius 2 is 1.80 bits per heavy atom. The molecule has 0 aromatic rings. The number of nitrogens with two attached hydrogens (primary N) is 1. The molecule has 3 N–H and O–H groups in total. The third kappa shape index (κ3) is 4.74. The summed E-state index contributed by atoms with van der Waals surface area (Å²) < 4.78 is 0. The molecule has 1 saturated heterocycles. The van der Waals surface area contributed by atoms with Crippen LogP contribution in [0.1, 0.15) is 58.3 Å². The maximum Gasteiger partial charge on any atom is 0.224 e. The van der Waals surface area contributed by atoms with Crippen LogP contribution in [-0.4, -0.2) is 42.5 Å². The van der Waals surface area contributed by atoms with Gasteiger partial charge in [0, 0.05) is 18.6 Å². The van der Waals surface area contributed by atoms with Gasteiger partial charge in [0.05, 0.1) is 5.92 Å². The smallest absolute Gasteiger partial charge is 0.224 e. The highest BCUT2D eigenvalue weighted by Gasteiger charge is 2.28. The van der Waals surface area contributed by atoms with Crippen molar-refractivity contribution in [3.05, 3.63) is 0 Å². The second-order valence-electron chi connectivity index (χ2n) is 6.68. The van der Waals surface area contributed by atoms with Crippen LogP contribution in [0.3, 0.4) is 0 Å². The Labute approximate surface area is 123 Å². The summed E-state index contributed by atoms with van der Waals surface area (Å²) in [6.07, 6.45) is 9.46. The maximum absolute atomic E-state index is 12.4. The van der Waals surface area contributed by atoms with Gasteiger partial charge in [0.15, 0.2) is 0 Å². The highest BCUT2D eigenvalue weighted by Crippen LogP contribution is 2.22. The number of piperidine rings is 1. The van der Waals surface area contributed by atoms with E-state index < -0.39 is 0 Å². The molecule has 116 valence electrons. The maximum atomic E-state index is 12.4. The second-order valence-corrected chi connectivity index (χ2v) is 6.68. The molecular formula is C16H31N3O. The molecule has 1 aliphatic heterocycles. The van der Waals surface area contributed by atoms with Crippen LogP contribution in [0.2, 0.25) is 0 Å². The quantitative estimate of drug-likeness (QED) is 0.774. The van der Waals surface area contributed by atoms with Gasteiger partial charge in [-0.05, 0) is 45.7 Å². The molecule has 2 rings (SSSR count). The highest BCUT2D eigenvalue weighted by molar-refractivity contribution is 5.79. The first-order valence-corrected chi connectivity index (χ1v) is 8.45. The fourth-order valence-corrected chi connectivity index (χ4v) is 3.59. The van der Waals surface area contributed by atoms with Gasteiger partial charge in [0.25, 0.3) is 0 Å². The van der Waals surface area contributed by atoms with Crippen LogP contribution >= 0.6 is 0 Å². The van der Waals surface area contributed by atoms with Crippen LogP contribution in [0, 0.1) is 5.92 Å². The summed E-state index contributed by atoms with van der Waals surface area (Å²) >= 11 is 0. The lowest BCUT2D eigenvalue weighted by Gasteiger charge is -2.30. The average Bonchev–Trinajstić information content (AvgIpc) is 2.64. The number of likely N-dealkylation sites (tertiary alicyclic amines) is 1. The van der Waals surface area contributed by atoms with Gasteiger partial charge in [-0.2, -0.15) is 0 Å². The zero-order valence-electron chi connectivity index (χ0n) is 12.9. The zero-order chi connectivity index (χ0) is 14.4. The monoisotopic (exact) mass is 281 g/mol. The number of amides is 1. The lowest BCUT2D eigenvalue weighted by Crippen LogP contribution is -2.48. The molecule has 1 saturated carbocycles. The predicted octanol–water partition coefficient (Wildman–Crippen LogP) is 1.88. The Hall–Kier alpha value is -0.610. The normalized spacial score (nSPS) is 30.5. The van der Waals surface area contributed by atoms with Gasteiger partial charge in [-0.3, -0.25) is 4.79 Å². The number of carbonyl (C=O) groups excluding carboxylic acids is 1. The van der Waals surface area contributed by atoms with Crippen LogP contribution in [0.5, 0.6) is 0 Å². The molecule has 1 aliphatic carbocycles. The third-order valence-electron chi connectivity index (χ3n) is 4.78. The first-order chi connectivity index (χ1) is 9.66. The summed E-state index contributed by atoms with van der Waals surface area (Å²) in [5.41, 5.74) is 6.17. The van der Waals surface area contributed by atoms with Crippen LogP contribution in [0.25, 0.3) is 0 Å². The molecule has 2 fully saturated rings. The molecule has 0 spiro atoms. The van der Waals surface area contributed by atoms with Crippen molar-refractivity contribution in [3.8, 4) is 0 Å². The lowest BCUT2D eigenvalue weighted by molar-refractivity contribution is -0.126. The van der Waals surface area contributed by atoms with E-state index in [0.717, 1.165) is 25.8 Å². The Kier molecular flexibility index (Phi) is 6.30. The van der Waals surface area contributed by atoms with Crippen molar-refractivity contribution in [2.24, 2.45) is 11.7 Å². The predicted molar refractivity (Wildman–Crippen MR) is 82.4 cm³/mol. The fourth-order valence-electron chi connectivity index (χ4n) is 3.59. The minimum atomic E-state index is 0.0290. The van der Waals surface area contributed by atoms with Gasteiger partial charge in [-0.1, -0.05) is 25.7 Å². The molecule has 0 bridgehead atoms. The van der Waals surface area contributed by atoms with Gasteiger partial charge >= 0.3 is 0 Å². The molecule has 4 nitrogen and oxygen atoms in total. The second kappa shape index (κ2) is 7.99. The summed E-state index contributed by atoms with van der Waals surface area (Å²) in [5, 5.41) is 3.19. The van der Waals surface area contributed by atoms with E-state index in [0.29, 0.717) is 0 Å². The standard InChI is InChI=1S/C16H31N3O/c1-13(12-19-10-6-3-7-11-19)18-16(20)14-8-4-2-5-9-15(14)17/h13-15H,2-12,17H2,1H3,(H,18,20). The van der Waals surface area contributed by atoms with Crippen LogP contribution in [-0.2, 0) is 4.79 Å². The molecule has 0 aromatic carbocycles. The summed E-state index contributed by atoms with van der Waals surface area (Å²) in [5.74, 6) is 0.213. The Morgan fingerprint density at radius 3 is 2.55 bits per heavy atom. The van der Waals surface area contributed by atoms with Gasteiger partial charge in [-0.25, -0.2) is 0 Å². The van der Waals surface area contributed by atoms with Gasteiger partial charge in [0.2, 0.25) is 5.91 Å². The molecule has 3 atom stereocenters. The first-order valence-electron chi connectivity index (χ1n) is 8.45. The highest BCUT2D eigenvalue weighted by atomic mass is 16.2. The number of rotatable bonds is 4. The van der Waals surface area contributed by atoms with Crippen molar-refractivity contribution in [1.82, 2.24) is 10.2 Å². The van der Waals surface area contributed by atoms with Crippen LogP contribution in [0.4, 0.5) is 0 Å². The van der Waals surface area contributed by atoms with E-state index in [1.807, 2.05) is 0 Å². The van der Waals surface area contributed by atoms with E-state index in [2.05, 4.69) is 17.1 Å². The molecule has 1 heterocycles. The summed E-state index contributed by atoms with van der Waals surface area (Å²) in [6.45, 7) is 5.47. The van der Waals surface area contributed by atoms with E-state index in [1.54, 1.807) is 0 Å². The number of carbonyl (C=O) groups is 1. The lowest BCUT2D eigenvalue weighted by atomic mass is 9.94. The molecule has 0 aromatic heterocycles. The molecule has 0 radical (unpaired) electrons. The topological polar surface area (TPSA) is 58.4 Å². The van der Waals surface area contributed by atoms with E-state index >= 15 is 0 Å². The molecule has 1 amide bonds. The molecule has 3 unspecified atom stereocenters. The van der Waals surface area contributed by atoms with Crippen molar-refractivity contribution < 1.29 is 4.79 Å². The zero-order valence-corrected chi connectivity index (χ0v) is 12.9. The summed E-state index contributed by atoms with van der Waals surface area (Å²) in [6, 6.07) is 0.288. The van der Waals surface area contributed by atoms with Gasteiger partial charge in [0.1, 0.15) is 0 Å². The molecular weight excluding hydrogens is 250 g/mol. The average molecular weight is 281 g/mol. The number of nitrogens with one attached hydrogen (secondary N) is 1. The Bertz CT molecular complexity index is 302. The minimum absolute atomic E-state index is 0.0290. The van der Waals surface area contributed by atoms with Gasteiger partial charge in [-0.15, -0.1) is 0 Å². The van der Waals surface area contributed by atoms with Crippen molar-refractivity contribution in [1.29, 1.82) is 0 Å². The van der Waals surface area contributed by atoms with Gasteiger partial charge < -0.3 is 16.0 Å². The molecule has 20 heavy (non-hydrogen) atoms. The van der Waals surface area contributed by atoms with E-state index in [4.69, 9.17) is 5.73 Å². The summed E-state index contributed by atoms with van der Waals surface area (Å²) in [7, 11) is 0. The first kappa shape index (κ1) is 15.8. The Balaban J connectivity index is 1.76. The SMILES string of the molecule is CC(CN1CCCCC1)NC(=O)C1CCCCCC1N. The van der Waals surface area contributed by atoms with Crippen molar-refractivity contribution in [2.75, 3.05) is 19.6 Å². The van der Waals surface area contributed by atoms with Crippen molar-refractivity contribution >= 4 is 5.91 Å². The third-order valence-corrected chi connectivity index (χ3v) is 4.78. The fraction of sp³-hybridized carbons (Fsp3) is 0.938.